The van der Waals surface area contributed by atoms with E-state index >= 15 is 0 Å². The number of aromatic amines is 1. The summed E-state index contributed by atoms with van der Waals surface area (Å²) in [6.07, 6.45) is 3.62. The number of nitrogens with one attached hydrogen (secondary N) is 1. The Labute approximate surface area is 76.3 Å². The molecule has 0 amide bonds. The van der Waals surface area contributed by atoms with E-state index in [1.54, 1.807) is 6.20 Å². The SMILES string of the molecule is C=C(N)c1cnc2[nH]ccc2c1C. The second kappa shape index (κ2) is 2.62. The van der Waals surface area contributed by atoms with Crippen LogP contribution in [0.5, 0.6) is 0 Å². The van der Waals surface area contributed by atoms with Gasteiger partial charge in [-0.2, -0.15) is 0 Å². The minimum atomic E-state index is 0.563. The molecule has 2 rings (SSSR count). The Morgan fingerprint density at radius 1 is 1.62 bits per heavy atom. The van der Waals surface area contributed by atoms with Gasteiger partial charge >= 0.3 is 0 Å². The number of nitrogens with two attached hydrogens (primary N) is 1. The van der Waals surface area contributed by atoms with Gasteiger partial charge in [-0.15, -0.1) is 0 Å². The van der Waals surface area contributed by atoms with Crippen molar-refractivity contribution in [2.45, 2.75) is 6.92 Å². The molecule has 0 aromatic carbocycles. The maximum absolute atomic E-state index is 5.63. The van der Waals surface area contributed by atoms with E-state index in [0.29, 0.717) is 5.70 Å². The van der Waals surface area contributed by atoms with Gasteiger partial charge in [0.05, 0.1) is 0 Å². The predicted octanol–water partition coefficient (Wildman–Crippen LogP) is 1.80. The van der Waals surface area contributed by atoms with Crippen LogP contribution in [0, 0.1) is 6.92 Å². The van der Waals surface area contributed by atoms with Crippen LogP contribution < -0.4 is 5.73 Å². The molecule has 3 N–H and O–H groups in total. The molecular weight excluding hydrogens is 162 g/mol. The zero-order valence-corrected chi connectivity index (χ0v) is 7.46. The molecule has 2 aromatic rings. The van der Waals surface area contributed by atoms with Crippen molar-refractivity contribution in [2.24, 2.45) is 5.73 Å². The topological polar surface area (TPSA) is 54.7 Å². The number of hydrogen-bond donors (Lipinski definition) is 2. The van der Waals surface area contributed by atoms with E-state index in [4.69, 9.17) is 5.73 Å². The zero-order chi connectivity index (χ0) is 9.42. The largest absolute Gasteiger partial charge is 0.399 e. The molecule has 3 heteroatoms. The van der Waals surface area contributed by atoms with Crippen molar-refractivity contribution in [1.82, 2.24) is 9.97 Å². The number of aryl methyl sites for hydroxylation is 1. The van der Waals surface area contributed by atoms with E-state index in [-0.39, 0.29) is 0 Å². The molecule has 0 aliphatic carbocycles. The van der Waals surface area contributed by atoms with E-state index in [0.717, 1.165) is 22.2 Å². The fourth-order valence-electron chi connectivity index (χ4n) is 1.46. The number of pyridine rings is 1. The van der Waals surface area contributed by atoms with Crippen molar-refractivity contribution < 1.29 is 0 Å². The first kappa shape index (κ1) is 7.86. The number of hydrogen-bond acceptors (Lipinski definition) is 2. The zero-order valence-electron chi connectivity index (χ0n) is 7.46. The van der Waals surface area contributed by atoms with E-state index in [1.807, 2.05) is 19.2 Å². The van der Waals surface area contributed by atoms with Gasteiger partial charge in [0.15, 0.2) is 0 Å². The van der Waals surface area contributed by atoms with Crippen molar-refractivity contribution in [3.05, 3.63) is 36.2 Å². The minimum absolute atomic E-state index is 0.563. The Kier molecular flexibility index (Phi) is 1.59. The second-order valence-electron chi connectivity index (χ2n) is 3.06. The minimum Gasteiger partial charge on any atom is -0.399 e. The monoisotopic (exact) mass is 173 g/mol. The molecule has 0 saturated carbocycles. The molecular formula is C10H11N3. The Hall–Kier alpha value is -1.77. The first-order valence-corrected chi connectivity index (χ1v) is 4.07. The van der Waals surface area contributed by atoms with Gasteiger partial charge in [-0.25, -0.2) is 4.98 Å². The molecule has 66 valence electrons. The Morgan fingerprint density at radius 2 is 2.38 bits per heavy atom. The molecule has 2 heterocycles. The third-order valence-electron chi connectivity index (χ3n) is 2.20. The molecule has 2 aromatic heterocycles. The molecule has 0 saturated heterocycles. The molecule has 0 radical (unpaired) electrons. The lowest BCUT2D eigenvalue weighted by Crippen LogP contribution is -1.98. The summed E-state index contributed by atoms with van der Waals surface area (Å²) in [5.74, 6) is 0. The Morgan fingerprint density at radius 3 is 3.08 bits per heavy atom. The summed E-state index contributed by atoms with van der Waals surface area (Å²) in [5, 5.41) is 1.10. The van der Waals surface area contributed by atoms with Crippen LogP contribution in [0.2, 0.25) is 0 Å². The number of fused-ring (bicyclic) bond motifs is 1. The normalized spacial score (nSPS) is 10.5. The maximum atomic E-state index is 5.63. The first-order valence-electron chi connectivity index (χ1n) is 4.07. The van der Waals surface area contributed by atoms with Crippen LogP contribution >= 0.6 is 0 Å². The van der Waals surface area contributed by atoms with Crippen LogP contribution in [-0.4, -0.2) is 9.97 Å². The number of H-pyrrole nitrogens is 1. The van der Waals surface area contributed by atoms with Gasteiger partial charge in [-0.05, 0) is 18.6 Å². The number of rotatable bonds is 1. The Balaban J connectivity index is 2.80. The van der Waals surface area contributed by atoms with E-state index in [1.165, 1.54) is 0 Å². The van der Waals surface area contributed by atoms with E-state index in [2.05, 4.69) is 16.5 Å². The van der Waals surface area contributed by atoms with Gasteiger partial charge in [0, 0.05) is 29.0 Å². The standard InChI is InChI=1S/C10H11N3/c1-6-8-3-4-12-10(8)13-5-9(6)7(2)11/h3-5H,2,11H2,1H3,(H,12,13). The smallest absolute Gasteiger partial charge is 0.137 e. The molecule has 0 unspecified atom stereocenters. The third kappa shape index (κ3) is 1.09. The number of nitrogens with zero attached hydrogens (tertiary/aromatic N) is 1. The van der Waals surface area contributed by atoms with Crippen molar-refractivity contribution >= 4 is 16.7 Å². The molecule has 0 aliphatic rings. The van der Waals surface area contributed by atoms with Crippen LogP contribution in [0.1, 0.15) is 11.1 Å². The molecule has 0 spiro atoms. The van der Waals surface area contributed by atoms with Crippen molar-refractivity contribution in [3.63, 3.8) is 0 Å². The highest BCUT2D eigenvalue weighted by Gasteiger charge is 2.05. The predicted molar refractivity (Wildman–Crippen MR) is 54.1 cm³/mol. The summed E-state index contributed by atoms with van der Waals surface area (Å²) in [6.45, 7) is 5.72. The molecule has 0 fully saturated rings. The average Bonchev–Trinajstić information content (AvgIpc) is 2.52. The quantitative estimate of drug-likeness (QED) is 0.690. The summed E-state index contributed by atoms with van der Waals surface area (Å²) >= 11 is 0. The van der Waals surface area contributed by atoms with Crippen molar-refractivity contribution in [3.8, 4) is 0 Å². The summed E-state index contributed by atoms with van der Waals surface area (Å²) < 4.78 is 0. The fourth-order valence-corrected chi connectivity index (χ4v) is 1.46. The molecule has 13 heavy (non-hydrogen) atoms. The van der Waals surface area contributed by atoms with Crippen LogP contribution in [-0.2, 0) is 0 Å². The molecule has 0 aliphatic heterocycles. The number of aromatic nitrogens is 2. The van der Waals surface area contributed by atoms with Gasteiger partial charge in [0.25, 0.3) is 0 Å². The maximum Gasteiger partial charge on any atom is 0.137 e. The molecule has 0 atom stereocenters. The highest BCUT2D eigenvalue weighted by Crippen LogP contribution is 2.20. The lowest BCUT2D eigenvalue weighted by Gasteiger charge is -2.04. The lowest BCUT2D eigenvalue weighted by atomic mass is 10.1. The molecule has 0 bridgehead atoms. The highest BCUT2D eigenvalue weighted by atomic mass is 14.8. The first-order chi connectivity index (χ1) is 6.20. The van der Waals surface area contributed by atoms with Crippen molar-refractivity contribution in [2.75, 3.05) is 0 Å². The van der Waals surface area contributed by atoms with Gasteiger partial charge in [-0.1, -0.05) is 6.58 Å². The van der Waals surface area contributed by atoms with Crippen LogP contribution in [0.3, 0.4) is 0 Å². The summed E-state index contributed by atoms with van der Waals surface area (Å²) in [7, 11) is 0. The van der Waals surface area contributed by atoms with Gasteiger partial charge in [-0.3, -0.25) is 0 Å². The van der Waals surface area contributed by atoms with Gasteiger partial charge < -0.3 is 10.7 Å². The van der Waals surface area contributed by atoms with Crippen LogP contribution in [0.25, 0.3) is 16.7 Å². The van der Waals surface area contributed by atoms with Crippen LogP contribution in [0.4, 0.5) is 0 Å². The third-order valence-corrected chi connectivity index (χ3v) is 2.20. The summed E-state index contributed by atoms with van der Waals surface area (Å²) in [4.78, 5) is 7.27. The summed E-state index contributed by atoms with van der Waals surface area (Å²) in [5.41, 5.74) is 9.13. The van der Waals surface area contributed by atoms with Crippen LogP contribution in [0.15, 0.2) is 25.0 Å². The van der Waals surface area contributed by atoms with Gasteiger partial charge in [0.2, 0.25) is 0 Å². The second-order valence-corrected chi connectivity index (χ2v) is 3.06. The summed E-state index contributed by atoms with van der Waals surface area (Å²) in [6, 6.07) is 1.99. The Bertz CT molecular complexity index is 468. The average molecular weight is 173 g/mol. The lowest BCUT2D eigenvalue weighted by molar-refractivity contribution is 1.28. The fraction of sp³-hybridized carbons (Fsp3) is 0.100. The van der Waals surface area contributed by atoms with E-state index < -0.39 is 0 Å². The molecule has 3 nitrogen and oxygen atoms in total. The van der Waals surface area contributed by atoms with E-state index in [9.17, 15) is 0 Å². The van der Waals surface area contributed by atoms with Crippen molar-refractivity contribution in [1.29, 1.82) is 0 Å². The van der Waals surface area contributed by atoms with Gasteiger partial charge in [0.1, 0.15) is 5.65 Å². The highest BCUT2D eigenvalue weighted by molar-refractivity contribution is 5.84.